The zero-order valence-corrected chi connectivity index (χ0v) is 7.75. The summed E-state index contributed by atoms with van der Waals surface area (Å²) in [6.45, 7) is 8.62. The van der Waals surface area contributed by atoms with Gasteiger partial charge in [0.2, 0.25) is 0 Å². The first-order valence-electron chi connectivity index (χ1n) is 3.90. The van der Waals surface area contributed by atoms with E-state index in [-0.39, 0.29) is 13.2 Å². The van der Waals surface area contributed by atoms with Crippen LogP contribution in [0.25, 0.3) is 0 Å². The third kappa shape index (κ3) is 4.28. The van der Waals surface area contributed by atoms with Crippen LogP contribution in [-0.4, -0.2) is 24.3 Å². The van der Waals surface area contributed by atoms with Crippen molar-refractivity contribution in [1.29, 1.82) is 0 Å². The number of carbonyl (C=O) groups is 1. The third-order valence-electron chi connectivity index (χ3n) is 1.29. The van der Waals surface area contributed by atoms with Crippen LogP contribution in [0.3, 0.4) is 0 Å². The molecular weight excluding hydrogens is 168 g/mol. The van der Waals surface area contributed by atoms with Gasteiger partial charge in [0.1, 0.15) is 6.61 Å². The maximum Gasteiger partial charge on any atom is 0.338 e. The molecule has 0 atom stereocenters. The number of aliphatic hydroxyl groups excluding tert-OH is 1. The molecule has 1 N–H and O–H groups in total. The molecule has 0 rings (SSSR count). The lowest BCUT2D eigenvalue weighted by atomic mass is 10.1. The molecule has 13 heavy (non-hydrogen) atoms. The SMILES string of the molecule is C=C/C=C(\C(=C)C)C(=O)OCCO. The number of ether oxygens (including phenoxy) is 1. The number of aliphatic hydroxyl groups is 1. The minimum atomic E-state index is -0.485. The second kappa shape index (κ2) is 6.20. The van der Waals surface area contributed by atoms with Gasteiger partial charge in [-0.3, -0.25) is 0 Å². The molecule has 0 saturated carbocycles. The lowest BCUT2D eigenvalue weighted by molar-refractivity contribution is -0.139. The Balaban J connectivity index is 4.39. The summed E-state index contributed by atoms with van der Waals surface area (Å²) >= 11 is 0. The highest BCUT2D eigenvalue weighted by molar-refractivity contribution is 5.93. The fourth-order valence-corrected chi connectivity index (χ4v) is 0.718. The molecule has 0 aromatic rings. The lowest BCUT2D eigenvalue weighted by Crippen LogP contribution is -2.11. The van der Waals surface area contributed by atoms with Crippen LogP contribution in [0.5, 0.6) is 0 Å². The molecule has 0 amide bonds. The minimum absolute atomic E-state index is 0.000591. The standard InChI is InChI=1S/C10H14O3/c1-4-5-9(8(2)3)10(12)13-7-6-11/h4-5,11H,1-2,6-7H2,3H3/b9-5+. The van der Waals surface area contributed by atoms with Crippen LogP contribution in [0.2, 0.25) is 0 Å². The Morgan fingerprint density at radius 2 is 2.23 bits per heavy atom. The molecule has 72 valence electrons. The summed E-state index contributed by atoms with van der Waals surface area (Å²) < 4.78 is 4.70. The molecule has 0 bridgehead atoms. The van der Waals surface area contributed by atoms with Crippen LogP contribution in [0.1, 0.15) is 6.92 Å². The van der Waals surface area contributed by atoms with Crippen LogP contribution in [0, 0.1) is 0 Å². The van der Waals surface area contributed by atoms with Crippen molar-refractivity contribution in [2.24, 2.45) is 0 Å². The average Bonchev–Trinajstić information content (AvgIpc) is 2.09. The van der Waals surface area contributed by atoms with Gasteiger partial charge in [0, 0.05) is 0 Å². The quantitative estimate of drug-likeness (QED) is 0.395. The van der Waals surface area contributed by atoms with Gasteiger partial charge in [-0.05, 0) is 18.6 Å². The van der Waals surface area contributed by atoms with E-state index in [0.29, 0.717) is 11.1 Å². The van der Waals surface area contributed by atoms with Gasteiger partial charge in [-0.2, -0.15) is 0 Å². The molecule has 0 aromatic heterocycles. The minimum Gasteiger partial charge on any atom is -0.460 e. The number of carbonyl (C=O) groups excluding carboxylic acids is 1. The van der Waals surface area contributed by atoms with Gasteiger partial charge in [-0.1, -0.05) is 19.2 Å². The summed E-state index contributed by atoms with van der Waals surface area (Å²) in [4.78, 5) is 11.2. The van der Waals surface area contributed by atoms with E-state index in [0.717, 1.165) is 0 Å². The monoisotopic (exact) mass is 182 g/mol. The maximum absolute atomic E-state index is 11.2. The summed E-state index contributed by atoms with van der Waals surface area (Å²) in [6.07, 6.45) is 3.02. The fraction of sp³-hybridized carbons (Fsp3) is 0.300. The Kier molecular flexibility index (Phi) is 5.55. The highest BCUT2D eigenvalue weighted by atomic mass is 16.5. The zero-order valence-electron chi connectivity index (χ0n) is 7.75. The zero-order chi connectivity index (χ0) is 10.3. The van der Waals surface area contributed by atoms with E-state index in [1.165, 1.54) is 12.2 Å². The van der Waals surface area contributed by atoms with Gasteiger partial charge >= 0.3 is 5.97 Å². The Hall–Kier alpha value is -1.35. The smallest absolute Gasteiger partial charge is 0.338 e. The van der Waals surface area contributed by atoms with Crippen molar-refractivity contribution in [1.82, 2.24) is 0 Å². The van der Waals surface area contributed by atoms with E-state index >= 15 is 0 Å². The summed E-state index contributed by atoms with van der Waals surface area (Å²) in [7, 11) is 0. The Morgan fingerprint density at radius 3 is 2.62 bits per heavy atom. The molecular formula is C10H14O3. The molecule has 0 fully saturated rings. The Bertz CT molecular complexity index is 239. The van der Waals surface area contributed by atoms with Crippen LogP contribution in [0.15, 0.2) is 36.5 Å². The van der Waals surface area contributed by atoms with E-state index in [1.54, 1.807) is 6.92 Å². The maximum atomic E-state index is 11.2. The van der Waals surface area contributed by atoms with Crippen molar-refractivity contribution in [2.45, 2.75) is 6.92 Å². The summed E-state index contributed by atoms with van der Waals surface area (Å²) in [5.41, 5.74) is 0.992. The molecule has 3 nitrogen and oxygen atoms in total. The van der Waals surface area contributed by atoms with E-state index in [2.05, 4.69) is 13.2 Å². The van der Waals surface area contributed by atoms with E-state index < -0.39 is 5.97 Å². The first-order valence-corrected chi connectivity index (χ1v) is 3.90. The van der Waals surface area contributed by atoms with Crippen LogP contribution < -0.4 is 0 Å². The van der Waals surface area contributed by atoms with Gasteiger partial charge in [-0.25, -0.2) is 4.79 Å². The van der Waals surface area contributed by atoms with Crippen molar-refractivity contribution in [3.05, 3.63) is 36.5 Å². The molecule has 0 unspecified atom stereocenters. The normalized spacial score (nSPS) is 10.8. The van der Waals surface area contributed by atoms with Crippen molar-refractivity contribution < 1.29 is 14.6 Å². The first kappa shape index (κ1) is 11.6. The Labute approximate surface area is 78.0 Å². The molecule has 0 spiro atoms. The van der Waals surface area contributed by atoms with Crippen molar-refractivity contribution >= 4 is 5.97 Å². The highest BCUT2D eigenvalue weighted by Gasteiger charge is 2.09. The number of hydrogen-bond acceptors (Lipinski definition) is 3. The summed E-state index contributed by atoms with van der Waals surface area (Å²) in [5, 5.41) is 8.43. The topological polar surface area (TPSA) is 46.5 Å². The fourth-order valence-electron chi connectivity index (χ4n) is 0.718. The number of rotatable bonds is 5. The molecule has 0 aromatic carbocycles. The highest BCUT2D eigenvalue weighted by Crippen LogP contribution is 2.08. The van der Waals surface area contributed by atoms with Crippen molar-refractivity contribution in [2.75, 3.05) is 13.2 Å². The third-order valence-corrected chi connectivity index (χ3v) is 1.29. The molecule has 0 saturated heterocycles. The van der Waals surface area contributed by atoms with E-state index in [4.69, 9.17) is 9.84 Å². The second-order valence-corrected chi connectivity index (χ2v) is 2.46. The van der Waals surface area contributed by atoms with Gasteiger partial charge < -0.3 is 9.84 Å². The average molecular weight is 182 g/mol. The largest absolute Gasteiger partial charge is 0.460 e. The van der Waals surface area contributed by atoms with Gasteiger partial charge in [0.15, 0.2) is 0 Å². The molecule has 0 aliphatic heterocycles. The van der Waals surface area contributed by atoms with Crippen LogP contribution >= 0.6 is 0 Å². The molecule has 3 heteroatoms. The van der Waals surface area contributed by atoms with Crippen molar-refractivity contribution in [3.8, 4) is 0 Å². The van der Waals surface area contributed by atoms with Crippen LogP contribution in [0.4, 0.5) is 0 Å². The predicted octanol–water partition coefficient (Wildman–Crippen LogP) is 1.21. The molecule has 0 aliphatic rings. The number of hydrogen-bond donors (Lipinski definition) is 1. The molecule has 0 radical (unpaired) electrons. The van der Waals surface area contributed by atoms with Gasteiger partial charge in [0.05, 0.1) is 12.2 Å². The number of esters is 1. The molecule has 0 heterocycles. The lowest BCUT2D eigenvalue weighted by Gasteiger charge is -2.05. The summed E-state index contributed by atoms with van der Waals surface area (Å²) in [5.74, 6) is -0.485. The first-order chi connectivity index (χ1) is 6.13. The van der Waals surface area contributed by atoms with E-state index in [1.807, 2.05) is 0 Å². The van der Waals surface area contributed by atoms with Gasteiger partial charge in [-0.15, -0.1) is 0 Å². The van der Waals surface area contributed by atoms with E-state index in [9.17, 15) is 4.79 Å². The second-order valence-electron chi connectivity index (χ2n) is 2.46. The van der Waals surface area contributed by atoms with Crippen molar-refractivity contribution in [3.63, 3.8) is 0 Å². The molecule has 0 aliphatic carbocycles. The predicted molar refractivity (Wildman–Crippen MR) is 51.1 cm³/mol. The Morgan fingerprint density at radius 1 is 1.62 bits per heavy atom. The van der Waals surface area contributed by atoms with Crippen LogP contribution in [-0.2, 0) is 9.53 Å². The van der Waals surface area contributed by atoms with Gasteiger partial charge in [0.25, 0.3) is 0 Å². The summed E-state index contributed by atoms with van der Waals surface area (Å²) in [6, 6.07) is 0. The number of allylic oxidation sites excluding steroid dienone is 2.